The number of fused-ring (bicyclic) bond motifs is 1. The summed E-state index contributed by atoms with van der Waals surface area (Å²) in [6.07, 6.45) is 1.23. The number of hydrogen-bond donors (Lipinski definition) is 0. The molecule has 2 heterocycles. The number of ether oxygens (including phenoxy) is 2. The highest BCUT2D eigenvalue weighted by atomic mass is 79.9. The standard InChI is InChI=1S/C24H28BrN3O3S/c1-2-31-20-7-4-18(5-8-20)16-23(29)28(11-3-10-27-12-14-30-15-13-27)24-26-21-9-6-19(25)17-22(21)32-24/h4-9,17H,2-3,10-16H2,1H3. The van der Waals surface area contributed by atoms with Crippen LogP contribution in [0.4, 0.5) is 5.13 Å². The van der Waals surface area contributed by atoms with E-state index in [-0.39, 0.29) is 5.91 Å². The van der Waals surface area contributed by atoms with Gasteiger partial charge < -0.3 is 9.47 Å². The molecule has 1 aliphatic heterocycles. The average Bonchev–Trinajstić information content (AvgIpc) is 3.21. The van der Waals surface area contributed by atoms with Gasteiger partial charge in [-0.05, 0) is 49.2 Å². The Bertz CT molecular complexity index is 1030. The van der Waals surface area contributed by atoms with Gasteiger partial charge in [0.25, 0.3) is 0 Å². The summed E-state index contributed by atoms with van der Waals surface area (Å²) in [4.78, 5) is 22.4. The molecule has 170 valence electrons. The van der Waals surface area contributed by atoms with Crippen molar-refractivity contribution >= 4 is 48.5 Å². The highest BCUT2D eigenvalue weighted by molar-refractivity contribution is 9.10. The fourth-order valence-corrected chi connectivity index (χ4v) is 5.31. The number of carbonyl (C=O) groups is 1. The van der Waals surface area contributed by atoms with Crippen LogP contribution in [-0.2, 0) is 16.0 Å². The van der Waals surface area contributed by atoms with Crippen LogP contribution in [0.25, 0.3) is 10.2 Å². The number of thiazole rings is 1. The van der Waals surface area contributed by atoms with Crippen molar-refractivity contribution in [3.05, 3.63) is 52.5 Å². The third-order valence-corrected chi connectivity index (χ3v) is 6.96. The molecule has 0 atom stereocenters. The predicted octanol–water partition coefficient (Wildman–Crippen LogP) is 4.76. The molecule has 4 rings (SSSR count). The lowest BCUT2D eigenvalue weighted by atomic mass is 10.1. The summed E-state index contributed by atoms with van der Waals surface area (Å²) in [7, 11) is 0. The van der Waals surface area contributed by atoms with E-state index in [2.05, 4.69) is 26.9 Å². The van der Waals surface area contributed by atoms with Crippen molar-refractivity contribution in [1.29, 1.82) is 0 Å². The highest BCUT2D eigenvalue weighted by Gasteiger charge is 2.21. The molecule has 1 aliphatic rings. The van der Waals surface area contributed by atoms with Crippen molar-refractivity contribution in [2.24, 2.45) is 0 Å². The van der Waals surface area contributed by atoms with Gasteiger partial charge in [0, 0.05) is 30.7 Å². The first-order chi connectivity index (χ1) is 15.6. The van der Waals surface area contributed by atoms with E-state index in [0.717, 1.165) is 70.4 Å². The number of aromatic nitrogens is 1. The number of carbonyl (C=O) groups excluding carboxylic acids is 1. The molecule has 0 aliphatic carbocycles. The first kappa shape index (κ1) is 23.2. The molecule has 2 aromatic carbocycles. The van der Waals surface area contributed by atoms with E-state index in [1.54, 1.807) is 11.3 Å². The molecule has 0 radical (unpaired) electrons. The van der Waals surface area contributed by atoms with E-state index in [1.165, 1.54) is 0 Å². The van der Waals surface area contributed by atoms with E-state index >= 15 is 0 Å². The van der Waals surface area contributed by atoms with Crippen LogP contribution in [0.1, 0.15) is 18.9 Å². The Balaban J connectivity index is 1.49. The minimum absolute atomic E-state index is 0.0641. The van der Waals surface area contributed by atoms with Crippen LogP contribution < -0.4 is 9.64 Å². The lowest BCUT2D eigenvalue weighted by Crippen LogP contribution is -2.39. The van der Waals surface area contributed by atoms with Crippen LogP contribution in [0, 0.1) is 0 Å². The van der Waals surface area contributed by atoms with Gasteiger partial charge in [0.1, 0.15) is 5.75 Å². The number of amides is 1. The number of benzene rings is 2. The SMILES string of the molecule is CCOc1ccc(CC(=O)N(CCCN2CCOCC2)c2nc3ccc(Br)cc3s2)cc1. The minimum atomic E-state index is 0.0641. The summed E-state index contributed by atoms with van der Waals surface area (Å²) in [6.45, 7) is 7.66. The van der Waals surface area contributed by atoms with Crippen molar-refractivity contribution in [2.75, 3.05) is 50.9 Å². The molecule has 3 aromatic rings. The topological polar surface area (TPSA) is 54.9 Å². The number of halogens is 1. The van der Waals surface area contributed by atoms with Crippen LogP contribution in [0.15, 0.2) is 46.9 Å². The van der Waals surface area contributed by atoms with Gasteiger partial charge in [-0.3, -0.25) is 14.6 Å². The molecule has 1 saturated heterocycles. The highest BCUT2D eigenvalue weighted by Crippen LogP contribution is 2.31. The smallest absolute Gasteiger partial charge is 0.233 e. The average molecular weight is 518 g/mol. The van der Waals surface area contributed by atoms with Crippen molar-refractivity contribution in [3.63, 3.8) is 0 Å². The third-order valence-electron chi connectivity index (χ3n) is 5.42. The van der Waals surface area contributed by atoms with Crippen molar-refractivity contribution in [3.8, 4) is 5.75 Å². The largest absolute Gasteiger partial charge is 0.494 e. The second kappa shape index (κ2) is 11.2. The molecule has 0 unspecified atom stereocenters. The van der Waals surface area contributed by atoms with Crippen LogP contribution >= 0.6 is 27.3 Å². The van der Waals surface area contributed by atoms with E-state index < -0.39 is 0 Å². The van der Waals surface area contributed by atoms with Crippen molar-refractivity contribution < 1.29 is 14.3 Å². The van der Waals surface area contributed by atoms with Gasteiger partial charge in [0.15, 0.2) is 5.13 Å². The van der Waals surface area contributed by atoms with Crippen LogP contribution in [0.2, 0.25) is 0 Å². The second-order valence-electron chi connectivity index (χ2n) is 7.72. The molecule has 0 bridgehead atoms. The van der Waals surface area contributed by atoms with Crippen molar-refractivity contribution in [2.45, 2.75) is 19.8 Å². The fourth-order valence-electron chi connectivity index (χ4n) is 3.75. The molecule has 1 amide bonds. The Morgan fingerprint density at radius 1 is 1.22 bits per heavy atom. The quantitative estimate of drug-likeness (QED) is 0.409. The molecule has 32 heavy (non-hydrogen) atoms. The first-order valence-electron chi connectivity index (χ1n) is 11.0. The Kier molecular flexibility index (Phi) is 8.13. The van der Waals surface area contributed by atoms with Gasteiger partial charge in [-0.2, -0.15) is 0 Å². The second-order valence-corrected chi connectivity index (χ2v) is 9.64. The zero-order valence-corrected chi connectivity index (χ0v) is 20.7. The van der Waals surface area contributed by atoms with Gasteiger partial charge in [0.2, 0.25) is 5.91 Å². The van der Waals surface area contributed by atoms with E-state index in [0.29, 0.717) is 19.6 Å². The summed E-state index contributed by atoms with van der Waals surface area (Å²) in [6, 6.07) is 13.8. The zero-order valence-electron chi connectivity index (χ0n) is 18.3. The molecule has 0 spiro atoms. The maximum Gasteiger partial charge on any atom is 0.233 e. The summed E-state index contributed by atoms with van der Waals surface area (Å²) < 4.78 is 13.0. The van der Waals surface area contributed by atoms with Crippen molar-refractivity contribution in [1.82, 2.24) is 9.88 Å². The molecular weight excluding hydrogens is 490 g/mol. The third kappa shape index (κ3) is 6.07. The molecule has 8 heteroatoms. The molecule has 1 fully saturated rings. The summed E-state index contributed by atoms with van der Waals surface area (Å²) in [5.74, 6) is 0.886. The Morgan fingerprint density at radius 3 is 2.75 bits per heavy atom. The summed E-state index contributed by atoms with van der Waals surface area (Å²) in [5, 5.41) is 0.760. The molecule has 1 aromatic heterocycles. The van der Waals surface area contributed by atoms with E-state index in [4.69, 9.17) is 14.5 Å². The maximum absolute atomic E-state index is 13.4. The van der Waals surface area contributed by atoms with Gasteiger partial charge in [-0.25, -0.2) is 4.98 Å². The monoisotopic (exact) mass is 517 g/mol. The lowest BCUT2D eigenvalue weighted by molar-refractivity contribution is -0.118. The van der Waals surface area contributed by atoms with Crippen LogP contribution in [-0.4, -0.2) is 61.8 Å². The predicted molar refractivity (Wildman–Crippen MR) is 133 cm³/mol. The molecule has 0 saturated carbocycles. The minimum Gasteiger partial charge on any atom is -0.494 e. The summed E-state index contributed by atoms with van der Waals surface area (Å²) >= 11 is 5.09. The van der Waals surface area contributed by atoms with Crippen LogP contribution in [0.5, 0.6) is 5.75 Å². The first-order valence-corrected chi connectivity index (χ1v) is 12.6. The zero-order chi connectivity index (χ0) is 22.3. The van der Waals surface area contributed by atoms with E-state index in [9.17, 15) is 4.79 Å². The Morgan fingerprint density at radius 2 is 2.00 bits per heavy atom. The maximum atomic E-state index is 13.4. The van der Waals surface area contributed by atoms with Gasteiger partial charge in [0.05, 0.1) is 36.5 Å². The van der Waals surface area contributed by atoms with E-state index in [1.807, 2.05) is 48.2 Å². The van der Waals surface area contributed by atoms with Gasteiger partial charge >= 0.3 is 0 Å². The van der Waals surface area contributed by atoms with Gasteiger partial charge in [-0.15, -0.1) is 0 Å². The number of hydrogen-bond acceptors (Lipinski definition) is 6. The summed E-state index contributed by atoms with van der Waals surface area (Å²) in [5.41, 5.74) is 1.89. The number of anilines is 1. The number of nitrogens with zero attached hydrogens (tertiary/aromatic N) is 3. The van der Waals surface area contributed by atoms with Crippen LogP contribution in [0.3, 0.4) is 0 Å². The lowest BCUT2D eigenvalue weighted by Gasteiger charge is -2.27. The Labute approximate surface area is 201 Å². The fraction of sp³-hybridized carbons (Fsp3) is 0.417. The number of morpholine rings is 1. The molecule has 0 N–H and O–H groups in total. The number of rotatable bonds is 9. The Hall–Kier alpha value is -2.00. The molecular formula is C24H28BrN3O3S. The molecule has 6 nitrogen and oxygen atoms in total. The normalized spacial score (nSPS) is 14.6. The van der Waals surface area contributed by atoms with Gasteiger partial charge in [-0.1, -0.05) is 39.4 Å².